The van der Waals surface area contributed by atoms with Crippen LogP contribution in [0.15, 0.2) is 72.8 Å². The van der Waals surface area contributed by atoms with Gasteiger partial charge >= 0.3 is 0 Å². The van der Waals surface area contributed by atoms with Crippen LogP contribution >= 0.6 is 0 Å². The van der Waals surface area contributed by atoms with Crippen molar-refractivity contribution in [3.8, 4) is 17.1 Å². The quantitative estimate of drug-likeness (QED) is 0.417. The zero-order valence-corrected chi connectivity index (χ0v) is 15.2. The SMILES string of the molecule is Cc1ccc(OCCCn2c(-c3ccccc3F)nc3ccccc32)cc1. The minimum atomic E-state index is -0.259. The summed E-state index contributed by atoms with van der Waals surface area (Å²) in [5.41, 5.74) is 3.61. The number of halogens is 1. The molecule has 0 atom stereocenters. The van der Waals surface area contributed by atoms with E-state index in [1.54, 1.807) is 12.1 Å². The molecule has 4 rings (SSSR count). The topological polar surface area (TPSA) is 27.1 Å². The van der Waals surface area contributed by atoms with Gasteiger partial charge in [-0.15, -0.1) is 0 Å². The highest BCUT2D eigenvalue weighted by Gasteiger charge is 2.15. The largest absolute Gasteiger partial charge is 0.494 e. The zero-order chi connectivity index (χ0) is 18.6. The third-order valence-corrected chi connectivity index (χ3v) is 4.59. The number of fused-ring (bicyclic) bond motifs is 1. The van der Waals surface area contributed by atoms with Crippen molar-refractivity contribution in [1.29, 1.82) is 0 Å². The highest BCUT2D eigenvalue weighted by Crippen LogP contribution is 2.27. The Morgan fingerprint density at radius 3 is 2.48 bits per heavy atom. The van der Waals surface area contributed by atoms with E-state index in [1.165, 1.54) is 11.6 Å². The molecule has 3 nitrogen and oxygen atoms in total. The van der Waals surface area contributed by atoms with Crippen LogP contribution in [-0.2, 0) is 6.54 Å². The molecule has 0 spiro atoms. The summed E-state index contributed by atoms with van der Waals surface area (Å²) in [5.74, 6) is 1.26. The van der Waals surface area contributed by atoms with Crippen LogP contribution in [-0.4, -0.2) is 16.2 Å². The van der Waals surface area contributed by atoms with Crippen LogP contribution < -0.4 is 4.74 Å². The van der Waals surface area contributed by atoms with E-state index in [-0.39, 0.29) is 5.82 Å². The van der Waals surface area contributed by atoms with Crippen LogP contribution in [0.1, 0.15) is 12.0 Å². The van der Waals surface area contributed by atoms with Gasteiger partial charge in [0, 0.05) is 6.54 Å². The van der Waals surface area contributed by atoms with Gasteiger partial charge in [-0.1, -0.05) is 42.0 Å². The van der Waals surface area contributed by atoms with E-state index >= 15 is 0 Å². The Labute approximate surface area is 158 Å². The molecule has 0 aliphatic carbocycles. The summed E-state index contributed by atoms with van der Waals surface area (Å²) in [6.07, 6.45) is 0.801. The molecule has 3 aromatic carbocycles. The van der Waals surface area contributed by atoms with E-state index < -0.39 is 0 Å². The first-order chi connectivity index (χ1) is 13.2. The number of ether oxygens (including phenoxy) is 1. The smallest absolute Gasteiger partial charge is 0.144 e. The van der Waals surface area contributed by atoms with Crippen molar-refractivity contribution in [2.75, 3.05) is 6.61 Å². The molecule has 4 aromatic rings. The van der Waals surface area contributed by atoms with Crippen LogP contribution in [0.5, 0.6) is 5.75 Å². The number of hydrogen-bond acceptors (Lipinski definition) is 2. The maximum absolute atomic E-state index is 14.3. The van der Waals surface area contributed by atoms with E-state index in [1.807, 2.05) is 54.6 Å². The van der Waals surface area contributed by atoms with Crippen molar-refractivity contribution in [2.45, 2.75) is 19.9 Å². The summed E-state index contributed by atoms with van der Waals surface area (Å²) in [6.45, 7) is 3.35. The Morgan fingerprint density at radius 1 is 0.926 bits per heavy atom. The lowest BCUT2D eigenvalue weighted by atomic mass is 10.2. The molecular formula is C23H21FN2O. The van der Waals surface area contributed by atoms with Gasteiger partial charge in [0.2, 0.25) is 0 Å². The molecule has 0 amide bonds. The Hall–Kier alpha value is -3.14. The molecule has 0 saturated carbocycles. The minimum Gasteiger partial charge on any atom is -0.494 e. The van der Waals surface area contributed by atoms with Gasteiger partial charge in [-0.25, -0.2) is 9.37 Å². The Morgan fingerprint density at radius 2 is 1.67 bits per heavy atom. The number of hydrogen-bond donors (Lipinski definition) is 0. The van der Waals surface area contributed by atoms with Gasteiger partial charge in [0.1, 0.15) is 17.4 Å². The first-order valence-corrected chi connectivity index (χ1v) is 9.12. The van der Waals surface area contributed by atoms with Gasteiger partial charge in [-0.05, 0) is 49.7 Å². The summed E-state index contributed by atoms with van der Waals surface area (Å²) < 4.78 is 22.3. The Balaban J connectivity index is 1.56. The van der Waals surface area contributed by atoms with E-state index in [2.05, 4.69) is 16.5 Å². The first kappa shape index (κ1) is 17.3. The van der Waals surface area contributed by atoms with E-state index in [9.17, 15) is 4.39 Å². The summed E-state index contributed by atoms with van der Waals surface area (Å²) in [6, 6.07) is 22.7. The lowest BCUT2D eigenvalue weighted by Gasteiger charge is -2.11. The molecule has 0 aliphatic rings. The fraction of sp³-hybridized carbons (Fsp3) is 0.174. The second kappa shape index (κ2) is 7.62. The summed E-state index contributed by atoms with van der Waals surface area (Å²) >= 11 is 0. The molecule has 0 saturated heterocycles. The van der Waals surface area contributed by atoms with Crippen molar-refractivity contribution in [3.63, 3.8) is 0 Å². The van der Waals surface area contributed by atoms with E-state index in [0.717, 1.165) is 23.2 Å². The number of para-hydroxylation sites is 2. The highest BCUT2D eigenvalue weighted by molar-refractivity contribution is 5.80. The molecule has 136 valence electrons. The third kappa shape index (κ3) is 3.70. The molecule has 27 heavy (non-hydrogen) atoms. The molecule has 0 fully saturated rings. The van der Waals surface area contributed by atoms with Crippen molar-refractivity contribution < 1.29 is 9.13 Å². The van der Waals surface area contributed by atoms with Crippen molar-refractivity contribution in [2.24, 2.45) is 0 Å². The van der Waals surface area contributed by atoms with Crippen LogP contribution in [0.3, 0.4) is 0 Å². The predicted molar refractivity (Wildman–Crippen MR) is 106 cm³/mol. The predicted octanol–water partition coefficient (Wildman–Crippen LogP) is 5.62. The molecule has 0 bridgehead atoms. The highest BCUT2D eigenvalue weighted by atomic mass is 19.1. The average molecular weight is 360 g/mol. The van der Waals surface area contributed by atoms with Crippen LogP contribution in [0, 0.1) is 12.7 Å². The monoisotopic (exact) mass is 360 g/mol. The molecule has 1 heterocycles. The first-order valence-electron chi connectivity index (χ1n) is 9.12. The van der Waals surface area contributed by atoms with Crippen LogP contribution in [0.4, 0.5) is 4.39 Å². The van der Waals surface area contributed by atoms with Crippen molar-refractivity contribution >= 4 is 11.0 Å². The number of aryl methyl sites for hydroxylation is 2. The molecule has 4 heteroatoms. The maximum Gasteiger partial charge on any atom is 0.144 e. The molecular weight excluding hydrogens is 339 g/mol. The lowest BCUT2D eigenvalue weighted by Crippen LogP contribution is -2.06. The van der Waals surface area contributed by atoms with Gasteiger partial charge in [-0.3, -0.25) is 0 Å². The molecule has 1 aromatic heterocycles. The molecule has 0 unspecified atom stereocenters. The Bertz CT molecular complexity index is 1050. The molecule has 0 aliphatic heterocycles. The van der Waals surface area contributed by atoms with Crippen LogP contribution in [0.25, 0.3) is 22.4 Å². The number of rotatable bonds is 6. The number of imidazole rings is 1. The van der Waals surface area contributed by atoms with Crippen molar-refractivity contribution in [3.05, 3.63) is 84.2 Å². The summed E-state index contributed by atoms with van der Waals surface area (Å²) in [5, 5.41) is 0. The van der Waals surface area contributed by atoms with Crippen molar-refractivity contribution in [1.82, 2.24) is 9.55 Å². The van der Waals surface area contributed by atoms with Gasteiger partial charge in [0.25, 0.3) is 0 Å². The normalized spacial score (nSPS) is 11.0. The fourth-order valence-corrected chi connectivity index (χ4v) is 3.20. The van der Waals surface area contributed by atoms with Gasteiger partial charge in [0.05, 0.1) is 23.2 Å². The third-order valence-electron chi connectivity index (χ3n) is 4.59. The minimum absolute atomic E-state index is 0.259. The van der Waals surface area contributed by atoms with Crippen LogP contribution in [0.2, 0.25) is 0 Å². The van der Waals surface area contributed by atoms with E-state index in [4.69, 9.17) is 4.74 Å². The average Bonchev–Trinajstić information content (AvgIpc) is 3.05. The standard InChI is InChI=1S/C23H21FN2O/c1-17-11-13-18(14-12-17)27-16-6-15-26-22-10-5-4-9-21(22)25-23(26)19-7-2-3-8-20(19)24/h2-5,7-14H,6,15-16H2,1H3. The summed E-state index contributed by atoms with van der Waals surface area (Å²) in [7, 11) is 0. The molecule has 0 N–H and O–H groups in total. The number of aromatic nitrogens is 2. The second-order valence-electron chi connectivity index (χ2n) is 6.57. The number of nitrogens with zero attached hydrogens (tertiary/aromatic N) is 2. The lowest BCUT2D eigenvalue weighted by molar-refractivity contribution is 0.303. The summed E-state index contributed by atoms with van der Waals surface area (Å²) in [4.78, 5) is 4.67. The van der Waals surface area contributed by atoms with Gasteiger partial charge in [-0.2, -0.15) is 0 Å². The fourth-order valence-electron chi connectivity index (χ4n) is 3.20. The second-order valence-corrected chi connectivity index (χ2v) is 6.57. The number of benzene rings is 3. The molecule has 0 radical (unpaired) electrons. The van der Waals surface area contributed by atoms with Gasteiger partial charge < -0.3 is 9.30 Å². The zero-order valence-electron chi connectivity index (χ0n) is 15.2. The van der Waals surface area contributed by atoms with E-state index in [0.29, 0.717) is 24.5 Å². The van der Waals surface area contributed by atoms with Gasteiger partial charge in [0.15, 0.2) is 0 Å². The Kier molecular flexibility index (Phi) is 4.88. The maximum atomic E-state index is 14.3.